The topological polar surface area (TPSA) is 108 Å². The maximum absolute atomic E-state index is 12.1. The molecule has 0 aromatic heterocycles. The number of ether oxygens (including phenoxy) is 1. The van der Waals surface area contributed by atoms with Gasteiger partial charge in [0.25, 0.3) is 17.7 Å². The molecule has 1 unspecified atom stereocenters. The Morgan fingerprint density at radius 2 is 2.13 bits per heavy atom. The van der Waals surface area contributed by atoms with Crippen LogP contribution < -0.4 is 15.4 Å². The fourth-order valence-electron chi connectivity index (χ4n) is 2.34. The monoisotopic (exact) mass is 317 g/mol. The van der Waals surface area contributed by atoms with Crippen LogP contribution in [0, 0.1) is 0 Å². The zero-order valence-electron chi connectivity index (χ0n) is 12.3. The van der Waals surface area contributed by atoms with Gasteiger partial charge in [-0.1, -0.05) is 0 Å². The molecule has 0 fully saturated rings. The van der Waals surface area contributed by atoms with Crippen molar-refractivity contribution in [3.05, 3.63) is 30.0 Å². The SMILES string of the molecule is CC1Oc2cc(NC3=CC(=O)N(CCO)C3=O)ccc2NC1=O. The first-order valence-electron chi connectivity index (χ1n) is 7.06. The maximum Gasteiger partial charge on any atom is 0.277 e. The number of hydrogen-bond donors (Lipinski definition) is 3. The molecule has 8 nitrogen and oxygen atoms in total. The van der Waals surface area contributed by atoms with Crippen LogP contribution in [0.2, 0.25) is 0 Å². The number of hydrogen-bond acceptors (Lipinski definition) is 6. The van der Waals surface area contributed by atoms with Gasteiger partial charge in [-0.15, -0.1) is 0 Å². The Bertz CT molecular complexity index is 728. The zero-order valence-corrected chi connectivity index (χ0v) is 12.3. The number of fused-ring (bicyclic) bond motifs is 1. The molecule has 120 valence electrons. The predicted molar refractivity (Wildman–Crippen MR) is 80.7 cm³/mol. The van der Waals surface area contributed by atoms with Gasteiger partial charge in [0.05, 0.1) is 18.8 Å². The van der Waals surface area contributed by atoms with E-state index in [2.05, 4.69) is 10.6 Å². The van der Waals surface area contributed by atoms with E-state index in [-0.39, 0.29) is 24.8 Å². The quantitative estimate of drug-likeness (QED) is 0.678. The van der Waals surface area contributed by atoms with Crippen LogP contribution in [0.3, 0.4) is 0 Å². The molecule has 0 radical (unpaired) electrons. The number of rotatable bonds is 4. The standard InChI is InChI=1S/C15H15N3O5/c1-8-14(21)17-10-3-2-9(6-12(10)23-8)16-11-7-13(20)18(4-5-19)15(11)22/h2-3,6-8,16,19H,4-5H2,1H3,(H,17,21). The maximum atomic E-state index is 12.1. The highest BCUT2D eigenvalue weighted by Crippen LogP contribution is 2.33. The smallest absolute Gasteiger partial charge is 0.277 e. The lowest BCUT2D eigenvalue weighted by molar-refractivity contribution is -0.137. The van der Waals surface area contributed by atoms with Crippen LogP contribution in [0.4, 0.5) is 11.4 Å². The second-order valence-electron chi connectivity index (χ2n) is 5.16. The number of nitrogens with zero attached hydrogens (tertiary/aromatic N) is 1. The number of imide groups is 1. The van der Waals surface area contributed by atoms with Crippen molar-refractivity contribution in [1.29, 1.82) is 0 Å². The minimum atomic E-state index is -0.605. The molecule has 2 aliphatic rings. The van der Waals surface area contributed by atoms with E-state index in [0.717, 1.165) is 4.90 Å². The normalized spacial score (nSPS) is 19.9. The Morgan fingerprint density at radius 1 is 1.35 bits per heavy atom. The second-order valence-corrected chi connectivity index (χ2v) is 5.16. The van der Waals surface area contributed by atoms with E-state index in [0.29, 0.717) is 17.1 Å². The van der Waals surface area contributed by atoms with Gasteiger partial charge < -0.3 is 20.5 Å². The van der Waals surface area contributed by atoms with Crippen LogP contribution in [0.25, 0.3) is 0 Å². The molecular weight excluding hydrogens is 302 g/mol. The fraction of sp³-hybridized carbons (Fsp3) is 0.267. The summed E-state index contributed by atoms with van der Waals surface area (Å²) in [5.74, 6) is -0.713. The van der Waals surface area contributed by atoms with E-state index in [1.165, 1.54) is 6.08 Å². The van der Waals surface area contributed by atoms with Crippen LogP contribution in [0.5, 0.6) is 5.75 Å². The largest absolute Gasteiger partial charge is 0.479 e. The summed E-state index contributed by atoms with van der Waals surface area (Å²) in [6.07, 6.45) is 0.578. The summed E-state index contributed by atoms with van der Waals surface area (Å²) in [5.41, 5.74) is 1.21. The van der Waals surface area contributed by atoms with E-state index in [9.17, 15) is 14.4 Å². The van der Waals surface area contributed by atoms with Gasteiger partial charge in [-0.2, -0.15) is 0 Å². The number of β-amino-alcohol motifs (C(OH)–C–C–N with tert-alkyl or cyclic N) is 1. The van der Waals surface area contributed by atoms with Crippen molar-refractivity contribution < 1.29 is 24.2 Å². The second kappa shape index (κ2) is 5.73. The minimum absolute atomic E-state index is 0.0454. The number of carbonyl (C=O) groups excluding carboxylic acids is 3. The Labute approximate surface area is 131 Å². The average molecular weight is 317 g/mol. The first-order chi connectivity index (χ1) is 11.0. The summed E-state index contributed by atoms with van der Waals surface area (Å²) in [6.45, 7) is 1.30. The summed E-state index contributed by atoms with van der Waals surface area (Å²) < 4.78 is 5.49. The Kier molecular flexibility index (Phi) is 3.75. The first-order valence-corrected chi connectivity index (χ1v) is 7.06. The number of benzene rings is 1. The zero-order chi connectivity index (χ0) is 16.6. The number of aliphatic hydroxyl groups is 1. The van der Waals surface area contributed by atoms with Crippen molar-refractivity contribution in [2.24, 2.45) is 0 Å². The lowest BCUT2D eigenvalue weighted by atomic mass is 10.2. The predicted octanol–water partition coefficient (Wildman–Crippen LogP) is 0.0629. The Hall–Kier alpha value is -2.87. The Morgan fingerprint density at radius 3 is 2.87 bits per heavy atom. The number of nitrogens with one attached hydrogen (secondary N) is 2. The number of anilines is 2. The van der Waals surface area contributed by atoms with Crippen molar-refractivity contribution in [3.8, 4) is 5.75 Å². The van der Waals surface area contributed by atoms with E-state index in [4.69, 9.17) is 9.84 Å². The van der Waals surface area contributed by atoms with Crippen LogP contribution >= 0.6 is 0 Å². The van der Waals surface area contributed by atoms with Crippen LogP contribution in [-0.4, -0.2) is 47.0 Å². The molecule has 2 aliphatic heterocycles. The van der Waals surface area contributed by atoms with Crippen molar-refractivity contribution in [2.75, 3.05) is 23.8 Å². The summed E-state index contributed by atoms with van der Waals surface area (Å²) in [4.78, 5) is 36.2. The van der Waals surface area contributed by atoms with E-state index in [1.54, 1.807) is 25.1 Å². The molecule has 3 rings (SSSR count). The molecule has 8 heteroatoms. The highest BCUT2D eigenvalue weighted by molar-refractivity contribution is 6.17. The minimum Gasteiger partial charge on any atom is -0.479 e. The van der Waals surface area contributed by atoms with Crippen molar-refractivity contribution in [3.63, 3.8) is 0 Å². The molecule has 0 bridgehead atoms. The summed E-state index contributed by atoms with van der Waals surface area (Å²) in [7, 11) is 0. The number of amides is 3. The molecule has 1 aromatic carbocycles. The molecule has 0 saturated carbocycles. The molecular formula is C15H15N3O5. The van der Waals surface area contributed by atoms with Gasteiger partial charge in [0.2, 0.25) is 0 Å². The van der Waals surface area contributed by atoms with E-state index < -0.39 is 17.9 Å². The molecule has 3 N–H and O–H groups in total. The van der Waals surface area contributed by atoms with Crippen LogP contribution in [0.15, 0.2) is 30.0 Å². The van der Waals surface area contributed by atoms with Crippen LogP contribution in [0.1, 0.15) is 6.92 Å². The lowest BCUT2D eigenvalue weighted by Crippen LogP contribution is -2.34. The average Bonchev–Trinajstić information content (AvgIpc) is 2.77. The Balaban J connectivity index is 1.78. The van der Waals surface area contributed by atoms with E-state index >= 15 is 0 Å². The van der Waals surface area contributed by atoms with Gasteiger partial charge in [-0.05, 0) is 19.1 Å². The van der Waals surface area contributed by atoms with Crippen LogP contribution in [-0.2, 0) is 14.4 Å². The lowest BCUT2D eigenvalue weighted by Gasteiger charge is -2.24. The summed E-state index contributed by atoms with van der Waals surface area (Å²) >= 11 is 0. The van der Waals surface area contributed by atoms with Crippen molar-refractivity contribution in [2.45, 2.75) is 13.0 Å². The third-order valence-electron chi connectivity index (χ3n) is 3.52. The number of carbonyl (C=O) groups is 3. The summed E-state index contributed by atoms with van der Waals surface area (Å²) in [6, 6.07) is 4.94. The van der Waals surface area contributed by atoms with Crippen molar-refractivity contribution >= 4 is 29.1 Å². The molecule has 3 amide bonds. The van der Waals surface area contributed by atoms with Gasteiger partial charge in [-0.3, -0.25) is 19.3 Å². The van der Waals surface area contributed by atoms with Gasteiger partial charge in [0.15, 0.2) is 6.10 Å². The molecule has 1 atom stereocenters. The highest BCUT2D eigenvalue weighted by Gasteiger charge is 2.31. The molecule has 0 saturated heterocycles. The molecule has 0 aliphatic carbocycles. The molecule has 23 heavy (non-hydrogen) atoms. The third-order valence-corrected chi connectivity index (χ3v) is 3.52. The molecule has 0 spiro atoms. The molecule has 2 heterocycles. The highest BCUT2D eigenvalue weighted by atomic mass is 16.5. The van der Waals surface area contributed by atoms with Gasteiger partial charge in [0.1, 0.15) is 11.4 Å². The first kappa shape index (κ1) is 15.0. The van der Waals surface area contributed by atoms with Gasteiger partial charge in [0, 0.05) is 17.8 Å². The summed E-state index contributed by atoms with van der Waals surface area (Å²) in [5, 5.41) is 14.4. The molecule has 1 aromatic rings. The van der Waals surface area contributed by atoms with Gasteiger partial charge in [-0.25, -0.2) is 0 Å². The van der Waals surface area contributed by atoms with E-state index in [1.807, 2.05) is 0 Å². The third kappa shape index (κ3) is 2.76. The van der Waals surface area contributed by atoms with Gasteiger partial charge >= 0.3 is 0 Å². The fourth-order valence-corrected chi connectivity index (χ4v) is 2.34. The number of aliphatic hydroxyl groups excluding tert-OH is 1. The van der Waals surface area contributed by atoms with Crippen molar-refractivity contribution in [1.82, 2.24) is 4.90 Å².